The van der Waals surface area contributed by atoms with Crippen LogP contribution in [-0.2, 0) is 12.8 Å². The van der Waals surface area contributed by atoms with Gasteiger partial charge in [0.05, 0.1) is 11.6 Å². The summed E-state index contributed by atoms with van der Waals surface area (Å²) in [7, 11) is 0. The molecule has 0 unspecified atom stereocenters. The molecule has 0 spiro atoms. The number of likely N-dealkylation sites (tertiary alicyclic amines) is 1. The number of carbonyl (C=O) groups excluding carboxylic acids is 1. The number of carbonyl (C=O) groups is 1. The van der Waals surface area contributed by atoms with Crippen molar-refractivity contribution in [2.75, 3.05) is 13.1 Å². The Labute approximate surface area is 157 Å². The smallest absolute Gasteiger partial charge is 0.276 e. The van der Waals surface area contributed by atoms with Crippen LogP contribution in [0.5, 0.6) is 0 Å². The molecule has 1 aliphatic heterocycles. The molecule has 0 aliphatic carbocycles. The van der Waals surface area contributed by atoms with E-state index in [0.29, 0.717) is 25.2 Å². The van der Waals surface area contributed by atoms with Crippen LogP contribution in [0.3, 0.4) is 0 Å². The van der Waals surface area contributed by atoms with Crippen LogP contribution >= 0.6 is 0 Å². The molecule has 2 aromatic heterocycles. The summed E-state index contributed by atoms with van der Waals surface area (Å²) in [6.45, 7) is 2.88. The molecule has 1 aromatic carbocycles. The minimum atomic E-state index is -0.553. The van der Waals surface area contributed by atoms with Gasteiger partial charge in [0.15, 0.2) is 5.69 Å². The summed E-state index contributed by atoms with van der Waals surface area (Å²) in [6.07, 6.45) is 3.65. The maximum absolute atomic E-state index is 12.7. The van der Waals surface area contributed by atoms with Crippen molar-refractivity contribution in [1.29, 1.82) is 0 Å². The van der Waals surface area contributed by atoms with E-state index in [1.807, 2.05) is 37.3 Å². The predicted molar refractivity (Wildman–Crippen MR) is 101 cm³/mol. The van der Waals surface area contributed by atoms with Crippen molar-refractivity contribution in [2.24, 2.45) is 5.92 Å². The number of nitrogens with zero attached hydrogens (tertiary/aromatic N) is 3. The monoisotopic (exact) mass is 365 g/mol. The quantitative estimate of drug-likeness (QED) is 0.752. The predicted octanol–water partition coefficient (Wildman–Crippen LogP) is 2.85. The number of benzene rings is 1. The average Bonchev–Trinajstić information content (AvgIpc) is 3.29. The molecular weight excluding hydrogens is 342 g/mol. The zero-order valence-corrected chi connectivity index (χ0v) is 15.3. The van der Waals surface area contributed by atoms with E-state index in [9.17, 15) is 9.90 Å². The lowest BCUT2D eigenvalue weighted by molar-refractivity contribution is 0.0754. The molecule has 27 heavy (non-hydrogen) atoms. The number of hydrogen-bond donors (Lipinski definition) is 1. The normalized spacial score (nSPS) is 19.7. The van der Waals surface area contributed by atoms with Crippen LogP contribution in [0.2, 0.25) is 0 Å². The summed E-state index contributed by atoms with van der Waals surface area (Å²) in [5.74, 6) is 0.532. The van der Waals surface area contributed by atoms with Crippen LogP contribution < -0.4 is 0 Å². The Kier molecular flexibility index (Phi) is 4.90. The number of aliphatic hydroxyl groups excluding tert-OH is 1. The van der Waals surface area contributed by atoms with Gasteiger partial charge in [-0.1, -0.05) is 30.3 Å². The molecule has 6 nitrogen and oxygen atoms in total. The van der Waals surface area contributed by atoms with E-state index in [4.69, 9.17) is 4.52 Å². The van der Waals surface area contributed by atoms with E-state index < -0.39 is 6.10 Å². The molecule has 1 aliphatic rings. The van der Waals surface area contributed by atoms with Crippen LogP contribution in [-0.4, -0.2) is 45.2 Å². The van der Waals surface area contributed by atoms with Crippen molar-refractivity contribution in [1.82, 2.24) is 15.0 Å². The fraction of sp³-hybridized carbons (Fsp3) is 0.381. The van der Waals surface area contributed by atoms with Crippen LogP contribution in [0.25, 0.3) is 10.9 Å². The van der Waals surface area contributed by atoms with E-state index in [1.165, 1.54) is 0 Å². The zero-order valence-electron chi connectivity index (χ0n) is 15.3. The minimum absolute atomic E-state index is 0.0123. The molecule has 4 rings (SSSR count). The van der Waals surface area contributed by atoms with Gasteiger partial charge in [-0.2, -0.15) is 0 Å². The van der Waals surface area contributed by atoms with Gasteiger partial charge in [0.1, 0.15) is 5.76 Å². The second-order valence-electron chi connectivity index (χ2n) is 7.16. The summed E-state index contributed by atoms with van der Waals surface area (Å²) < 4.78 is 5.22. The van der Waals surface area contributed by atoms with Gasteiger partial charge in [0, 0.05) is 43.1 Å². The third kappa shape index (κ3) is 3.57. The number of pyridine rings is 1. The highest BCUT2D eigenvalue weighted by molar-refractivity contribution is 5.92. The van der Waals surface area contributed by atoms with Gasteiger partial charge in [0.2, 0.25) is 0 Å². The molecule has 1 amide bonds. The van der Waals surface area contributed by atoms with Gasteiger partial charge in [-0.25, -0.2) is 0 Å². The van der Waals surface area contributed by atoms with Crippen molar-refractivity contribution in [3.63, 3.8) is 0 Å². The molecule has 1 saturated heterocycles. The van der Waals surface area contributed by atoms with Crippen LogP contribution in [0.4, 0.5) is 0 Å². The van der Waals surface area contributed by atoms with Gasteiger partial charge in [-0.15, -0.1) is 0 Å². The SMILES string of the molecule is CCCc1cc(C(=O)N2C[C@@H](Cc3ccnc4ccccc34)[C@H](O)C2)no1. The van der Waals surface area contributed by atoms with Gasteiger partial charge < -0.3 is 14.5 Å². The van der Waals surface area contributed by atoms with Crippen molar-refractivity contribution in [3.8, 4) is 0 Å². The number of para-hydroxylation sites is 1. The molecule has 0 saturated carbocycles. The Bertz CT molecular complexity index is 947. The Morgan fingerprint density at radius 2 is 2.15 bits per heavy atom. The van der Waals surface area contributed by atoms with E-state index >= 15 is 0 Å². The van der Waals surface area contributed by atoms with Crippen LogP contribution in [0.1, 0.15) is 35.2 Å². The third-order valence-corrected chi connectivity index (χ3v) is 5.19. The standard InChI is InChI=1S/C21H23N3O3/c1-2-5-16-11-19(23-27-16)21(26)24-12-15(20(25)13-24)10-14-8-9-22-18-7-4-3-6-17(14)18/h3-4,6-9,11,15,20,25H,2,5,10,12-13H2,1H3/t15-,20-/m1/s1. The maximum atomic E-state index is 12.7. The Morgan fingerprint density at radius 3 is 3.00 bits per heavy atom. The number of β-amino-alcohol motifs (C(OH)–C–C–N with tert-alkyl or cyclic N) is 1. The average molecular weight is 365 g/mol. The highest BCUT2D eigenvalue weighted by Crippen LogP contribution is 2.26. The van der Waals surface area contributed by atoms with Gasteiger partial charge >= 0.3 is 0 Å². The van der Waals surface area contributed by atoms with E-state index in [0.717, 1.165) is 35.1 Å². The summed E-state index contributed by atoms with van der Waals surface area (Å²) in [5.41, 5.74) is 2.41. The lowest BCUT2D eigenvalue weighted by atomic mass is 9.94. The Hall–Kier alpha value is -2.73. The van der Waals surface area contributed by atoms with Crippen molar-refractivity contribution in [2.45, 2.75) is 32.3 Å². The second-order valence-corrected chi connectivity index (χ2v) is 7.16. The van der Waals surface area contributed by atoms with Crippen LogP contribution in [0, 0.1) is 5.92 Å². The molecule has 0 radical (unpaired) electrons. The van der Waals surface area contributed by atoms with E-state index in [-0.39, 0.29) is 11.8 Å². The molecule has 6 heteroatoms. The molecule has 1 fully saturated rings. The second kappa shape index (κ2) is 7.48. The van der Waals surface area contributed by atoms with Crippen molar-refractivity contribution in [3.05, 3.63) is 59.6 Å². The molecule has 1 N–H and O–H groups in total. The first-order valence-electron chi connectivity index (χ1n) is 9.41. The molecule has 3 heterocycles. The number of hydrogen-bond acceptors (Lipinski definition) is 5. The maximum Gasteiger partial charge on any atom is 0.276 e. The largest absolute Gasteiger partial charge is 0.391 e. The molecule has 140 valence electrons. The van der Waals surface area contributed by atoms with Crippen LogP contribution in [0.15, 0.2) is 47.1 Å². The first-order valence-corrected chi connectivity index (χ1v) is 9.41. The van der Waals surface area contributed by atoms with E-state index in [1.54, 1.807) is 17.2 Å². The number of amides is 1. The first-order chi connectivity index (χ1) is 13.2. The number of fused-ring (bicyclic) bond motifs is 1. The number of aromatic nitrogens is 2. The Morgan fingerprint density at radius 1 is 1.30 bits per heavy atom. The number of aryl methyl sites for hydroxylation is 1. The summed E-state index contributed by atoms with van der Waals surface area (Å²) in [4.78, 5) is 18.8. The topological polar surface area (TPSA) is 79.5 Å². The van der Waals surface area contributed by atoms with E-state index in [2.05, 4.69) is 10.1 Å². The Balaban J connectivity index is 1.48. The van der Waals surface area contributed by atoms with Crippen molar-refractivity contribution >= 4 is 16.8 Å². The molecular formula is C21H23N3O3. The fourth-order valence-electron chi connectivity index (χ4n) is 3.78. The third-order valence-electron chi connectivity index (χ3n) is 5.19. The summed E-state index contributed by atoms with van der Waals surface area (Å²) in [6, 6.07) is 11.7. The summed E-state index contributed by atoms with van der Waals surface area (Å²) in [5, 5.41) is 15.5. The zero-order chi connectivity index (χ0) is 18.8. The van der Waals surface area contributed by atoms with Crippen molar-refractivity contribution < 1.29 is 14.4 Å². The van der Waals surface area contributed by atoms with Gasteiger partial charge in [0.25, 0.3) is 5.91 Å². The highest BCUT2D eigenvalue weighted by Gasteiger charge is 2.35. The lowest BCUT2D eigenvalue weighted by Crippen LogP contribution is -2.29. The summed E-state index contributed by atoms with van der Waals surface area (Å²) >= 11 is 0. The number of aliphatic hydroxyl groups is 1. The minimum Gasteiger partial charge on any atom is -0.391 e. The lowest BCUT2D eigenvalue weighted by Gasteiger charge is -2.15. The van der Waals surface area contributed by atoms with Gasteiger partial charge in [-0.05, 0) is 30.5 Å². The fourth-order valence-corrected chi connectivity index (χ4v) is 3.78. The highest BCUT2D eigenvalue weighted by atomic mass is 16.5. The first kappa shape index (κ1) is 17.7. The number of rotatable bonds is 5. The molecule has 0 bridgehead atoms. The van der Waals surface area contributed by atoms with Gasteiger partial charge in [-0.3, -0.25) is 9.78 Å². The molecule has 3 aromatic rings. The molecule has 2 atom stereocenters.